The molecule has 0 aliphatic heterocycles. The molecule has 0 fully saturated rings. The maximum absolute atomic E-state index is 13.5. The molecule has 1 aliphatic rings. The highest BCUT2D eigenvalue weighted by Gasteiger charge is 2.31. The molecular weight excluding hydrogens is 406 g/mol. The molecule has 1 aliphatic carbocycles. The first kappa shape index (κ1) is 21.8. The Kier molecular flexibility index (Phi) is 6.77. The van der Waals surface area contributed by atoms with Gasteiger partial charge in [0.25, 0.3) is 0 Å². The van der Waals surface area contributed by atoms with E-state index in [0.717, 1.165) is 23.4 Å². The molecule has 4 N–H and O–H groups in total. The first-order chi connectivity index (χ1) is 14.2. The van der Waals surface area contributed by atoms with Crippen molar-refractivity contribution in [1.29, 1.82) is 0 Å². The molecule has 0 amide bonds. The van der Waals surface area contributed by atoms with E-state index in [4.69, 9.17) is 18.0 Å². The van der Waals surface area contributed by atoms with Crippen molar-refractivity contribution >= 4 is 34.5 Å². The minimum absolute atomic E-state index is 0.0724. The van der Waals surface area contributed by atoms with Crippen molar-refractivity contribution in [3.63, 3.8) is 0 Å². The molecule has 1 heterocycles. The highest BCUT2D eigenvalue weighted by molar-refractivity contribution is 7.81. The summed E-state index contributed by atoms with van der Waals surface area (Å²) >= 11 is 5.47. The Morgan fingerprint density at radius 1 is 1.23 bits per heavy atom. The molecule has 1 aromatic heterocycles. The lowest BCUT2D eigenvalue weighted by Gasteiger charge is -2.30. The van der Waals surface area contributed by atoms with Gasteiger partial charge in [0.2, 0.25) is 0 Å². The number of nitrogen functional groups attached to an aromatic ring is 1. The molecule has 0 spiro atoms. The van der Waals surface area contributed by atoms with Crippen LogP contribution in [0.2, 0.25) is 0 Å². The lowest BCUT2D eigenvalue weighted by atomic mass is 9.79. The summed E-state index contributed by atoms with van der Waals surface area (Å²) < 4.78 is 26.7. The largest absolute Gasteiger partial charge is 0.384 e. The highest BCUT2D eigenvalue weighted by Crippen LogP contribution is 2.32. The van der Waals surface area contributed by atoms with Crippen LogP contribution in [-0.2, 0) is 11.3 Å². The quantitative estimate of drug-likeness (QED) is 0.591. The molecule has 0 saturated carbocycles. The van der Waals surface area contributed by atoms with Gasteiger partial charge in [-0.3, -0.25) is 4.79 Å². The van der Waals surface area contributed by atoms with E-state index in [0.29, 0.717) is 36.7 Å². The van der Waals surface area contributed by atoms with Crippen LogP contribution in [-0.4, -0.2) is 15.8 Å². The van der Waals surface area contributed by atoms with Crippen LogP contribution in [0.4, 0.5) is 20.3 Å². The Hall–Kier alpha value is -2.87. The number of carbonyl (C=O) groups is 1. The number of allylic oxidation sites excluding steroid dienone is 1. The Balaban J connectivity index is 1.87. The third-order valence-corrected chi connectivity index (χ3v) is 5.50. The van der Waals surface area contributed by atoms with Crippen molar-refractivity contribution in [2.75, 3.05) is 11.1 Å². The standard InChI is InChI=1S/C22H24F2N4OS/c1-12(2)14-8-18(27-11-13-5-6-26-20(25)7-13)21(19(29)9-14)22(30)28-15-3-4-16(23)17(24)10-15/h3-7,10,12,14,27H,8-9,11H2,1-2H3,(H2,25,26)(H,28,30). The minimum atomic E-state index is -0.986. The SMILES string of the molecule is CC(C)C1CC(=O)C(C(=S)Nc2ccc(F)c(F)c2)=C(NCc2ccnc(N)c2)C1. The van der Waals surface area contributed by atoms with Crippen LogP contribution < -0.4 is 16.4 Å². The molecular formula is C22H24F2N4OS. The number of benzene rings is 1. The van der Waals surface area contributed by atoms with Gasteiger partial charge in [0.15, 0.2) is 17.4 Å². The molecule has 0 bridgehead atoms. The monoisotopic (exact) mass is 430 g/mol. The number of hydrogen-bond acceptors (Lipinski definition) is 5. The lowest BCUT2D eigenvalue weighted by Crippen LogP contribution is -2.33. The van der Waals surface area contributed by atoms with E-state index in [1.165, 1.54) is 6.07 Å². The minimum Gasteiger partial charge on any atom is -0.384 e. The average Bonchev–Trinajstić information content (AvgIpc) is 2.68. The molecule has 2 aromatic rings. The zero-order valence-corrected chi connectivity index (χ0v) is 17.7. The number of ketones is 1. The zero-order chi connectivity index (χ0) is 21.8. The number of Topliss-reactive ketones (excluding diaryl/α,β-unsaturated/α-hetero) is 1. The molecule has 30 heavy (non-hydrogen) atoms. The first-order valence-electron chi connectivity index (χ1n) is 9.71. The van der Waals surface area contributed by atoms with Gasteiger partial charge in [-0.05, 0) is 48.1 Å². The second kappa shape index (κ2) is 9.30. The van der Waals surface area contributed by atoms with Gasteiger partial charge in [-0.2, -0.15) is 0 Å². The molecule has 0 saturated heterocycles. The Morgan fingerprint density at radius 2 is 2.00 bits per heavy atom. The number of thiocarbonyl (C=S) groups is 1. The van der Waals surface area contributed by atoms with Crippen LogP contribution in [0.3, 0.4) is 0 Å². The number of halogens is 2. The van der Waals surface area contributed by atoms with E-state index < -0.39 is 11.6 Å². The van der Waals surface area contributed by atoms with Crippen molar-refractivity contribution in [2.24, 2.45) is 11.8 Å². The topological polar surface area (TPSA) is 80.0 Å². The van der Waals surface area contributed by atoms with Gasteiger partial charge < -0.3 is 16.4 Å². The van der Waals surface area contributed by atoms with Gasteiger partial charge in [0.05, 0.1) is 5.57 Å². The van der Waals surface area contributed by atoms with E-state index in [-0.39, 0.29) is 22.4 Å². The van der Waals surface area contributed by atoms with Gasteiger partial charge in [0, 0.05) is 36.6 Å². The molecule has 3 rings (SSSR count). The van der Waals surface area contributed by atoms with Crippen LogP contribution in [0.25, 0.3) is 0 Å². The van der Waals surface area contributed by atoms with Crippen molar-refractivity contribution in [1.82, 2.24) is 10.3 Å². The van der Waals surface area contributed by atoms with Crippen LogP contribution in [0.5, 0.6) is 0 Å². The number of pyridine rings is 1. The van der Waals surface area contributed by atoms with Crippen molar-refractivity contribution in [3.8, 4) is 0 Å². The smallest absolute Gasteiger partial charge is 0.167 e. The van der Waals surface area contributed by atoms with Crippen LogP contribution >= 0.6 is 12.2 Å². The van der Waals surface area contributed by atoms with E-state index in [1.54, 1.807) is 12.3 Å². The molecule has 1 unspecified atom stereocenters. The number of hydrogen-bond donors (Lipinski definition) is 3. The second-order valence-corrected chi connectivity index (χ2v) is 8.12. The third-order valence-electron chi connectivity index (χ3n) is 5.19. The first-order valence-corrected chi connectivity index (χ1v) is 10.1. The van der Waals surface area contributed by atoms with Gasteiger partial charge in [-0.1, -0.05) is 26.1 Å². The van der Waals surface area contributed by atoms with Crippen molar-refractivity contribution in [3.05, 3.63) is 65.0 Å². The maximum atomic E-state index is 13.5. The fraction of sp³-hybridized carbons (Fsp3) is 0.318. The summed E-state index contributed by atoms with van der Waals surface area (Å²) in [6.45, 7) is 4.63. The van der Waals surface area contributed by atoms with Gasteiger partial charge >= 0.3 is 0 Å². The summed E-state index contributed by atoms with van der Waals surface area (Å²) in [5.74, 6) is -1.07. The fourth-order valence-electron chi connectivity index (χ4n) is 3.42. The summed E-state index contributed by atoms with van der Waals surface area (Å²) in [5, 5.41) is 6.20. The summed E-state index contributed by atoms with van der Waals surface area (Å²) in [4.78, 5) is 17.1. The molecule has 5 nitrogen and oxygen atoms in total. The fourth-order valence-corrected chi connectivity index (χ4v) is 3.78. The molecule has 8 heteroatoms. The summed E-state index contributed by atoms with van der Waals surface area (Å²) in [6, 6.07) is 7.00. The lowest BCUT2D eigenvalue weighted by molar-refractivity contribution is -0.116. The summed E-state index contributed by atoms with van der Waals surface area (Å²) in [7, 11) is 0. The second-order valence-electron chi connectivity index (χ2n) is 7.71. The van der Waals surface area contributed by atoms with Crippen LogP contribution in [0, 0.1) is 23.5 Å². The van der Waals surface area contributed by atoms with Crippen LogP contribution in [0.15, 0.2) is 47.8 Å². The Morgan fingerprint density at radius 3 is 2.67 bits per heavy atom. The number of aromatic nitrogens is 1. The normalized spacial score (nSPS) is 16.7. The van der Waals surface area contributed by atoms with E-state index in [2.05, 4.69) is 29.5 Å². The van der Waals surface area contributed by atoms with Gasteiger partial charge in [-0.15, -0.1) is 0 Å². The molecule has 0 radical (unpaired) electrons. The number of nitrogens with two attached hydrogens (primary N) is 1. The molecule has 158 valence electrons. The summed E-state index contributed by atoms with van der Waals surface area (Å²) in [6.07, 6.45) is 2.68. The van der Waals surface area contributed by atoms with Crippen molar-refractivity contribution < 1.29 is 13.6 Å². The number of nitrogens with one attached hydrogen (secondary N) is 2. The molecule has 1 aromatic carbocycles. The van der Waals surface area contributed by atoms with Gasteiger partial charge in [-0.25, -0.2) is 13.8 Å². The number of anilines is 2. The van der Waals surface area contributed by atoms with E-state index in [1.807, 2.05) is 6.07 Å². The predicted octanol–water partition coefficient (Wildman–Crippen LogP) is 4.36. The van der Waals surface area contributed by atoms with E-state index in [9.17, 15) is 13.6 Å². The Bertz CT molecular complexity index is 1010. The zero-order valence-electron chi connectivity index (χ0n) is 16.8. The average molecular weight is 431 g/mol. The number of nitrogens with zero attached hydrogens (tertiary/aromatic N) is 1. The molecule has 1 atom stereocenters. The predicted molar refractivity (Wildman–Crippen MR) is 118 cm³/mol. The maximum Gasteiger partial charge on any atom is 0.167 e. The van der Waals surface area contributed by atoms with Crippen LogP contribution in [0.1, 0.15) is 32.3 Å². The van der Waals surface area contributed by atoms with Gasteiger partial charge in [0.1, 0.15) is 10.8 Å². The van der Waals surface area contributed by atoms with E-state index >= 15 is 0 Å². The number of carbonyl (C=O) groups excluding carboxylic acids is 1. The highest BCUT2D eigenvalue weighted by atomic mass is 32.1. The number of rotatable bonds is 6. The third kappa shape index (κ3) is 5.18. The van der Waals surface area contributed by atoms with Crippen molar-refractivity contribution in [2.45, 2.75) is 33.2 Å². The Labute approximate surface area is 179 Å². The summed E-state index contributed by atoms with van der Waals surface area (Å²) in [5.41, 5.74) is 8.07.